The summed E-state index contributed by atoms with van der Waals surface area (Å²) in [5.41, 5.74) is 1.24. The first-order chi connectivity index (χ1) is 9.24. The van der Waals surface area contributed by atoms with Crippen molar-refractivity contribution in [3.05, 3.63) is 16.1 Å². The molecule has 0 bridgehead atoms. The number of aromatic nitrogens is 1. The van der Waals surface area contributed by atoms with Crippen LogP contribution in [0.3, 0.4) is 0 Å². The van der Waals surface area contributed by atoms with E-state index in [1.807, 2.05) is 11.3 Å². The monoisotopic (exact) mass is 280 g/mol. The van der Waals surface area contributed by atoms with Gasteiger partial charge in [-0.25, -0.2) is 4.98 Å². The number of hydrogen-bond donors (Lipinski definition) is 1. The van der Waals surface area contributed by atoms with Crippen LogP contribution in [-0.4, -0.2) is 24.2 Å². The summed E-state index contributed by atoms with van der Waals surface area (Å²) in [6.07, 6.45) is 5.11. The summed E-state index contributed by atoms with van der Waals surface area (Å²) in [6, 6.07) is 1.13. The van der Waals surface area contributed by atoms with Gasteiger partial charge >= 0.3 is 0 Å². The normalized spacial score (nSPS) is 25.7. The number of nitrogens with zero attached hydrogens (tertiary/aromatic N) is 1. The molecule has 3 rings (SSSR count). The van der Waals surface area contributed by atoms with Gasteiger partial charge in [0.05, 0.1) is 18.3 Å². The first kappa shape index (κ1) is 13.5. The lowest BCUT2D eigenvalue weighted by atomic mass is 9.94. The zero-order chi connectivity index (χ0) is 13.2. The Hall–Kier alpha value is -0.450. The van der Waals surface area contributed by atoms with Gasteiger partial charge in [0.15, 0.2) is 0 Å². The molecule has 1 aliphatic heterocycles. The number of rotatable bonds is 5. The highest BCUT2D eigenvalue weighted by molar-refractivity contribution is 7.09. The molecule has 2 heterocycles. The van der Waals surface area contributed by atoms with Gasteiger partial charge in [0.25, 0.3) is 0 Å². The molecular formula is C15H24N2OS. The molecule has 1 saturated heterocycles. The molecule has 0 spiro atoms. The zero-order valence-corrected chi connectivity index (χ0v) is 12.7. The lowest BCUT2D eigenvalue weighted by Crippen LogP contribution is -2.34. The van der Waals surface area contributed by atoms with Gasteiger partial charge in [-0.15, -0.1) is 11.3 Å². The van der Waals surface area contributed by atoms with E-state index in [4.69, 9.17) is 9.72 Å². The zero-order valence-electron chi connectivity index (χ0n) is 11.9. The number of thiazole rings is 1. The molecule has 0 aromatic carbocycles. The van der Waals surface area contributed by atoms with Crippen molar-refractivity contribution in [3.63, 3.8) is 0 Å². The Labute approximate surface area is 119 Å². The van der Waals surface area contributed by atoms with Crippen LogP contribution in [0.5, 0.6) is 0 Å². The van der Waals surface area contributed by atoms with E-state index in [9.17, 15) is 0 Å². The van der Waals surface area contributed by atoms with E-state index in [-0.39, 0.29) is 0 Å². The largest absolute Gasteiger partial charge is 0.381 e. The third-order valence-corrected chi connectivity index (χ3v) is 5.00. The standard InChI is InChI=1S/C15H24N2OS/c1-10(2)13-9-19-15(17-13)14(16-12-5-6-12)11-4-3-7-18-8-11/h9-12,14,16H,3-8H2,1-2H3. The average molecular weight is 280 g/mol. The van der Waals surface area contributed by atoms with E-state index in [2.05, 4.69) is 24.5 Å². The fourth-order valence-electron chi connectivity index (χ4n) is 2.65. The maximum absolute atomic E-state index is 5.68. The first-order valence-electron chi connectivity index (χ1n) is 7.53. The highest BCUT2D eigenvalue weighted by Gasteiger charge is 2.33. The van der Waals surface area contributed by atoms with Crippen LogP contribution in [0.1, 0.15) is 62.2 Å². The van der Waals surface area contributed by atoms with E-state index in [0.29, 0.717) is 17.9 Å². The summed E-state index contributed by atoms with van der Waals surface area (Å²) < 4.78 is 5.68. The van der Waals surface area contributed by atoms with Crippen molar-refractivity contribution in [3.8, 4) is 0 Å². The van der Waals surface area contributed by atoms with E-state index >= 15 is 0 Å². The van der Waals surface area contributed by atoms with Crippen LogP contribution in [0, 0.1) is 5.92 Å². The minimum absolute atomic E-state index is 0.408. The molecule has 4 heteroatoms. The Morgan fingerprint density at radius 1 is 1.37 bits per heavy atom. The van der Waals surface area contributed by atoms with Crippen molar-refractivity contribution < 1.29 is 4.74 Å². The second-order valence-electron chi connectivity index (χ2n) is 6.16. The molecule has 2 fully saturated rings. The van der Waals surface area contributed by atoms with Gasteiger partial charge in [0, 0.05) is 23.9 Å². The first-order valence-corrected chi connectivity index (χ1v) is 8.41. The lowest BCUT2D eigenvalue weighted by molar-refractivity contribution is 0.0386. The smallest absolute Gasteiger partial charge is 0.110 e. The van der Waals surface area contributed by atoms with Gasteiger partial charge in [0.2, 0.25) is 0 Å². The van der Waals surface area contributed by atoms with Crippen molar-refractivity contribution in [1.82, 2.24) is 10.3 Å². The van der Waals surface area contributed by atoms with Gasteiger partial charge in [-0.1, -0.05) is 13.8 Å². The molecule has 2 aliphatic rings. The summed E-state index contributed by atoms with van der Waals surface area (Å²) >= 11 is 1.82. The number of hydrogen-bond acceptors (Lipinski definition) is 4. The van der Waals surface area contributed by atoms with Crippen molar-refractivity contribution >= 4 is 11.3 Å². The Bertz CT molecular complexity index is 408. The van der Waals surface area contributed by atoms with Gasteiger partial charge in [-0.2, -0.15) is 0 Å². The van der Waals surface area contributed by atoms with Crippen LogP contribution in [-0.2, 0) is 4.74 Å². The van der Waals surface area contributed by atoms with E-state index < -0.39 is 0 Å². The molecule has 2 atom stereocenters. The summed E-state index contributed by atoms with van der Waals surface area (Å²) in [6.45, 7) is 6.25. The molecule has 0 amide bonds. The quantitative estimate of drug-likeness (QED) is 0.896. The van der Waals surface area contributed by atoms with Crippen molar-refractivity contribution in [2.24, 2.45) is 5.92 Å². The van der Waals surface area contributed by atoms with Crippen molar-refractivity contribution in [1.29, 1.82) is 0 Å². The van der Waals surface area contributed by atoms with Gasteiger partial charge < -0.3 is 10.1 Å². The highest BCUT2D eigenvalue weighted by Crippen LogP contribution is 2.35. The molecule has 1 aromatic heterocycles. The van der Waals surface area contributed by atoms with Crippen LogP contribution >= 0.6 is 11.3 Å². The third kappa shape index (κ3) is 3.36. The van der Waals surface area contributed by atoms with Crippen LogP contribution in [0.15, 0.2) is 5.38 Å². The van der Waals surface area contributed by atoms with Crippen LogP contribution < -0.4 is 5.32 Å². The predicted octanol–water partition coefficient (Wildman–Crippen LogP) is 3.49. The number of nitrogens with one attached hydrogen (secondary N) is 1. The maximum Gasteiger partial charge on any atom is 0.110 e. The second-order valence-corrected chi connectivity index (χ2v) is 7.05. The maximum atomic E-state index is 5.68. The van der Waals surface area contributed by atoms with Gasteiger partial charge in [-0.3, -0.25) is 0 Å². The average Bonchev–Trinajstić information content (AvgIpc) is 3.11. The number of ether oxygens (including phenoxy) is 1. The second kappa shape index (κ2) is 5.90. The Kier molecular flexibility index (Phi) is 4.20. The van der Waals surface area contributed by atoms with Gasteiger partial charge in [-0.05, 0) is 31.6 Å². The topological polar surface area (TPSA) is 34.1 Å². The van der Waals surface area contributed by atoms with Crippen LogP contribution in [0.2, 0.25) is 0 Å². The van der Waals surface area contributed by atoms with Crippen molar-refractivity contribution in [2.45, 2.75) is 57.5 Å². The highest BCUT2D eigenvalue weighted by atomic mass is 32.1. The molecule has 106 valence electrons. The minimum Gasteiger partial charge on any atom is -0.381 e. The SMILES string of the molecule is CC(C)c1csc(C(NC2CC2)C2CCCOC2)n1. The van der Waals surface area contributed by atoms with Crippen LogP contribution in [0.4, 0.5) is 0 Å². The van der Waals surface area contributed by atoms with E-state index in [1.54, 1.807) is 0 Å². The molecule has 0 radical (unpaired) electrons. The lowest BCUT2D eigenvalue weighted by Gasteiger charge is -2.29. The Morgan fingerprint density at radius 3 is 2.79 bits per heavy atom. The molecule has 2 unspecified atom stereocenters. The third-order valence-electron chi connectivity index (χ3n) is 4.06. The molecule has 1 saturated carbocycles. The minimum atomic E-state index is 0.408. The predicted molar refractivity (Wildman–Crippen MR) is 78.6 cm³/mol. The summed E-state index contributed by atoms with van der Waals surface area (Å²) in [4.78, 5) is 4.87. The van der Waals surface area contributed by atoms with Crippen LogP contribution in [0.25, 0.3) is 0 Å². The molecule has 19 heavy (non-hydrogen) atoms. The summed E-state index contributed by atoms with van der Waals surface area (Å²) in [5, 5.41) is 7.29. The molecule has 1 aliphatic carbocycles. The summed E-state index contributed by atoms with van der Waals surface area (Å²) in [7, 11) is 0. The molecule has 3 nitrogen and oxygen atoms in total. The van der Waals surface area contributed by atoms with E-state index in [1.165, 1.54) is 36.4 Å². The molecule has 1 N–H and O–H groups in total. The van der Waals surface area contributed by atoms with E-state index in [0.717, 1.165) is 19.3 Å². The summed E-state index contributed by atoms with van der Waals surface area (Å²) in [5.74, 6) is 1.12. The Morgan fingerprint density at radius 2 is 2.21 bits per heavy atom. The molecular weight excluding hydrogens is 256 g/mol. The Balaban J connectivity index is 1.75. The van der Waals surface area contributed by atoms with Gasteiger partial charge in [0.1, 0.15) is 5.01 Å². The molecule has 1 aromatic rings. The fourth-order valence-corrected chi connectivity index (χ4v) is 3.78. The fraction of sp³-hybridized carbons (Fsp3) is 0.800. The van der Waals surface area contributed by atoms with Crippen molar-refractivity contribution in [2.75, 3.05) is 13.2 Å².